The Kier molecular flexibility index (Phi) is 7.15. The first-order chi connectivity index (χ1) is 11.2. The molecule has 2 rings (SSSR count). The molecule has 0 aliphatic rings. The van der Waals surface area contributed by atoms with Crippen molar-refractivity contribution in [3.05, 3.63) is 65.7 Å². The molecular formula is C21H29NO. The van der Waals surface area contributed by atoms with Crippen molar-refractivity contribution in [1.82, 2.24) is 4.90 Å². The Morgan fingerprint density at radius 1 is 0.913 bits per heavy atom. The van der Waals surface area contributed by atoms with Gasteiger partial charge in [0.1, 0.15) is 11.9 Å². The van der Waals surface area contributed by atoms with Crippen molar-refractivity contribution >= 4 is 0 Å². The lowest BCUT2D eigenvalue weighted by Gasteiger charge is -2.25. The van der Waals surface area contributed by atoms with Gasteiger partial charge < -0.3 is 9.64 Å². The molecule has 0 saturated heterocycles. The number of hydrogen-bond acceptors (Lipinski definition) is 2. The summed E-state index contributed by atoms with van der Waals surface area (Å²) in [6.45, 7) is 9.89. The topological polar surface area (TPSA) is 12.5 Å². The van der Waals surface area contributed by atoms with Crippen molar-refractivity contribution in [2.75, 3.05) is 19.6 Å². The predicted molar refractivity (Wildman–Crippen MR) is 98.0 cm³/mol. The van der Waals surface area contributed by atoms with Crippen molar-refractivity contribution in [3.8, 4) is 5.75 Å². The third-order valence-electron chi connectivity index (χ3n) is 4.23. The van der Waals surface area contributed by atoms with E-state index >= 15 is 0 Å². The molecule has 2 nitrogen and oxygen atoms in total. The Morgan fingerprint density at radius 2 is 1.61 bits per heavy atom. The van der Waals surface area contributed by atoms with Crippen LogP contribution in [0.15, 0.2) is 54.6 Å². The van der Waals surface area contributed by atoms with Crippen LogP contribution in [0, 0.1) is 6.92 Å². The summed E-state index contributed by atoms with van der Waals surface area (Å²) in [7, 11) is 0. The average Bonchev–Trinajstić information content (AvgIpc) is 2.59. The molecule has 0 spiro atoms. The molecule has 1 atom stereocenters. The van der Waals surface area contributed by atoms with Gasteiger partial charge >= 0.3 is 0 Å². The Bertz CT molecular complexity index is 567. The summed E-state index contributed by atoms with van der Waals surface area (Å²) in [5, 5.41) is 0. The van der Waals surface area contributed by atoms with Gasteiger partial charge in [0.25, 0.3) is 0 Å². The molecule has 0 amide bonds. The Balaban J connectivity index is 2.11. The van der Waals surface area contributed by atoms with Crippen LogP contribution in [0.3, 0.4) is 0 Å². The minimum Gasteiger partial charge on any atom is -0.485 e. The molecule has 2 aromatic carbocycles. The molecule has 23 heavy (non-hydrogen) atoms. The molecule has 0 aromatic heterocycles. The predicted octanol–water partition coefficient (Wildman–Crippen LogP) is 5.24. The van der Waals surface area contributed by atoms with E-state index in [0.29, 0.717) is 0 Å². The fourth-order valence-corrected chi connectivity index (χ4v) is 2.85. The average molecular weight is 311 g/mol. The third kappa shape index (κ3) is 5.40. The van der Waals surface area contributed by atoms with Crippen LogP contribution in [0.1, 0.15) is 43.9 Å². The van der Waals surface area contributed by atoms with Gasteiger partial charge in [0, 0.05) is 13.0 Å². The van der Waals surface area contributed by atoms with E-state index in [0.717, 1.165) is 31.8 Å². The van der Waals surface area contributed by atoms with Crippen molar-refractivity contribution in [2.45, 2.75) is 39.7 Å². The first-order valence-corrected chi connectivity index (χ1v) is 8.74. The molecular weight excluding hydrogens is 282 g/mol. The zero-order chi connectivity index (χ0) is 16.5. The van der Waals surface area contributed by atoms with Crippen LogP contribution in [-0.2, 0) is 0 Å². The maximum Gasteiger partial charge on any atom is 0.125 e. The summed E-state index contributed by atoms with van der Waals surface area (Å²) in [5.74, 6) is 0.986. The highest BCUT2D eigenvalue weighted by Gasteiger charge is 2.15. The summed E-state index contributed by atoms with van der Waals surface area (Å²) in [6.07, 6.45) is 2.30. The zero-order valence-corrected chi connectivity index (χ0v) is 14.7. The lowest BCUT2D eigenvalue weighted by atomic mass is 10.1. The number of benzene rings is 2. The maximum atomic E-state index is 6.38. The van der Waals surface area contributed by atoms with Crippen LogP contribution in [0.2, 0.25) is 0 Å². The summed E-state index contributed by atoms with van der Waals surface area (Å²) in [6, 6.07) is 18.8. The summed E-state index contributed by atoms with van der Waals surface area (Å²) in [4.78, 5) is 2.50. The fourth-order valence-electron chi connectivity index (χ4n) is 2.85. The van der Waals surface area contributed by atoms with E-state index in [9.17, 15) is 0 Å². The molecule has 0 saturated carbocycles. The Labute approximate surface area is 141 Å². The quantitative estimate of drug-likeness (QED) is 0.628. The zero-order valence-electron chi connectivity index (χ0n) is 14.7. The van der Waals surface area contributed by atoms with Crippen molar-refractivity contribution in [2.24, 2.45) is 0 Å². The minimum absolute atomic E-state index is 0.100. The van der Waals surface area contributed by atoms with E-state index in [4.69, 9.17) is 4.74 Å². The van der Waals surface area contributed by atoms with Crippen LogP contribution in [-0.4, -0.2) is 24.5 Å². The van der Waals surface area contributed by atoms with Gasteiger partial charge in [-0.1, -0.05) is 62.4 Å². The number of aryl methyl sites for hydroxylation is 1. The highest BCUT2D eigenvalue weighted by atomic mass is 16.5. The molecule has 124 valence electrons. The van der Waals surface area contributed by atoms with Crippen LogP contribution in [0.4, 0.5) is 0 Å². The van der Waals surface area contributed by atoms with Gasteiger partial charge in [-0.05, 0) is 43.6 Å². The number of para-hydroxylation sites is 1. The van der Waals surface area contributed by atoms with Crippen LogP contribution < -0.4 is 4.74 Å². The van der Waals surface area contributed by atoms with E-state index < -0.39 is 0 Å². The molecule has 0 fully saturated rings. The number of rotatable bonds is 9. The standard InChI is InChI=1S/C21H29NO/c1-4-16-22(5-2)17-15-21(19-12-7-6-8-13-19)23-20-14-10-9-11-18(20)3/h6-14,21H,4-5,15-17H2,1-3H3. The van der Waals surface area contributed by atoms with Crippen molar-refractivity contribution in [3.63, 3.8) is 0 Å². The molecule has 0 radical (unpaired) electrons. The second kappa shape index (κ2) is 9.36. The highest BCUT2D eigenvalue weighted by Crippen LogP contribution is 2.27. The lowest BCUT2D eigenvalue weighted by Crippen LogP contribution is -2.27. The first kappa shape index (κ1) is 17.6. The fraction of sp³-hybridized carbons (Fsp3) is 0.429. The van der Waals surface area contributed by atoms with Gasteiger partial charge in [0.2, 0.25) is 0 Å². The molecule has 0 heterocycles. The molecule has 0 aliphatic heterocycles. The van der Waals surface area contributed by atoms with E-state index in [2.05, 4.69) is 74.2 Å². The van der Waals surface area contributed by atoms with Crippen molar-refractivity contribution < 1.29 is 4.74 Å². The Hall–Kier alpha value is -1.80. The molecule has 0 bridgehead atoms. The van der Waals surface area contributed by atoms with Gasteiger partial charge in [0.15, 0.2) is 0 Å². The summed E-state index contributed by atoms with van der Waals surface area (Å²) >= 11 is 0. The van der Waals surface area contributed by atoms with Gasteiger partial charge in [-0.15, -0.1) is 0 Å². The lowest BCUT2D eigenvalue weighted by molar-refractivity contribution is 0.165. The van der Waals surface area contributed by atoms with Gasteiger partial charge in [0.05, 0.1) is 0 Å². The van der Waals surface area contributed by atoms with Crippen LogP contribution in [0.5, 0.6) is 5.75 Å². The van der Waals surface area contributed by atoms with E-state index in [1.54, 1.807) is 0 Å². The van der Waals surface area contributed by atoms with E-state index in [1.165, 1.54) is 17.5 Å². The summed E-state index contributed by atoms with van der Waals surface area (Å²) < 4.78 is 6.38. The largest absolute Gasteiger partial charge is 0.485 e. The second-order valence-corrected chi connectivity index (χ2v) is 6.01. The third-order valence-corrected chi connectivity index (χ3v) is 4.23. The van der Waals surface area contributed by atoms with Crippen molar-refractivity contribution in [1.29, 1.82) is 0 Å². The van der Waals surface area contributed by atoms with E-state index in [1.807, 2.05) is 6.07 Å². The van der Waals surface area contributed by atoms with Gasteiger partial charge in [-0.2, -0.15) is 0 Å². The van der Waals surface area contributed by atoms with Crippen LogP contribution in [0.25, 0.3) is 0 Å². The second-order valence-electron chi connectivity index (χ2n) is 6.01. The minimum atomic E-state index is 0.100. The molecule has 2 heteroatoms. The van der Waals surface area contributed by atoms with Gasteiger partial charge in [-0.25, -0.2) is 0 Å². The normalized spacial score (nSPS) is 12.3. The molecule has 0 N–H and O–H groups in total. The summed E-state index contributed by atoms with van der Waals surface area (Å²) in [5.41, 5.74) is 2.44. The SMILES string of the molecule is CCCN(CC)CCC(Oc1ccccc1C)c1ccccc1. The molecule has 2 aromatic rings. The van der Waals surface area contributed by atoms with Gasteiger partial charge in [-0.3, -0.25) is 0 Å². The molecule has 1 unspecified atom stereocenters. The number of hydrogen-bond donors (Lipinski definition) is 0. The highest BCUT2D eigenvalue weighted by molar-refractivity contribution is 5.33. The number of nitrogens with zero attached hydrogens (tertiary/aromatic N) is 1. The Morgan fingerprint density at radius 3 is 2.26 bits per heavy atom. The van der Waals surface area contributed by atoms with E-state index in [-0.39, 0.29) is 6.10 Å². The smallest absolute Gasteiger partial charge is 0.125 e. The maximum absolute atomic E-state index is 6.38. The monoisotopic (exact) mass is 311 g/mol. The van der Waals surface area contributed by atoms with Crippen LogP contribution >= 0.6 is 0 Å². The first-order valence-electron chi connectivity index (χ1n) is 8.74. The number of ether oxygens (including phenoxy) is 1. The molecule has 0 aliphatic carbocycles.